The van der Waals surface area contributed by atoms with Crippen LogP contribution >= 0.6 is 18.9 Å². The molecule has 0 bridgehead atoms. The fourth-order valence-corrected chi connectivity index (χ4v) is 7.10. The Kier molecular flexibility index (Phi) is 4.95. The number of hydrogen-bond acceptors (Lipinski definition) is 4. The lowest BCUT2D eigenvalue weighted by molar-refractivity contribution is 0.697. The zero-order valence-corrected chi connectivity index (χ0v) is 16.6. The minimum absolute atomic E-state index is 0. The molecule has 138 valence electrons. The molecule has 25 heavy (non-hydrogen) atoms. The maximum Gasteiger partial charge on any atom is 0.332 e. The first-order chi connectivity index (χ1) is 11.4. The topological polar surface area (TPSA) is 81.7 Å². The summed E-state index contributed by atoms with van der Waals surface area (Å²) in [5, 5.41) is 0. The highest BCUT2D eigenvalue weighted by atomic mass is 35.5. The summed E-state index contributed by atoms with van der Waals surface area (Å²) in [6, 6.07) is 0. The summed E-state index contributed by atoms with van der Waals surface area (Å²) < 4.78 is 9.83. The van der Waals surface area contributed by atoms with Crippen molar-refractivity contribution < 1.29 is 0 Å². The Balaban J connectivity index is 0.000000141. The number of imidazole rings is 1. The van der Waals surface area contributed by atoms with Crippen LogP contribution in [0.2, 0.25) is 0 Å². The predicted octanol–water partition coefficient (Wildman–Crippen LogP) is -0.460. The van der Waals surface area contributed by atoms with Crippen molar-refractivity contribution in [2.45, 2.75) is 0 Å². The van der Waals surface area contributed by atoms with Crippen LogP contribution in [0.4, 0.5) is 0 Å². The molecular formula is C13H21ClN7O2PS. The van der Waals surface area contributed by atoms with Gasteiger partial charge in [0.1, 0.15) is 12.0 Å². The van der Waals surface area contributed by atoms with E-state index in [0.717, 1.165) is 4.57 Å². The minimum Gasteiger partial charge on any atom is -0.339 e. The van der Waals surface area contributed by atoms with Gasteiger partial charge < -0.3 is 4.98 Å². The van der Waals surface area contributed by atoms with Crippen LogP contribution in [0.15, 0.2) is 15.9 Å². The van der Waals surface area contributed by atoms with Crippen LogP contribution in [0, 0.1) is 0 Å². The minimum atomic E-state index is -1.27. The quantitative estimate of drug-likeness (QED) is 0.546. The Labute approximate surface area is 155 Å². The van der Waals surface area contributed by atoms with E-state index >= 15 is 0 Å². The average molecular weight is 406 g/mol. The van der Waals surface area contributed by atoms with Crippen LogP contribution in [0.3, 0.4) is 0 Å². The van der Waals surface area contributed by atoms with E-state index in [1.165, 1.54) is 57.2 Å². The van der Waals surface area contributed by atoms with Gasteiger partial charge in [-0.2, -0.15) is 0 Å². The molecule has 0 radical (unpaired) electrons. The summed E-state index contributed by atoms with van der Waals surface area (Å²) in [5.41, 5.74) is 0.0119. The maximum atomic E-state index is 11.4. The van der Waals surface area contributed by atoms with E-state index in [4.69, 9.17) is 11.8 Å². The SMILES string of the molecule is Cl.Cn1c(=O)c2[nH]cnc2n(C)c1=O.S=P(N1CC1)(N1CC1)N1CC1. The van der Waals surface area contributed by atoms with Crippen LogP contribution in [0.1, 0.15) is 0 Å². The second-order valence-corrected chi connectivity index (χ2v) is 10.4. The first-order valence-corrected chi connectivity index (χ1v) is 10.6. The number of H-pyrrole nitrogens is 1. The van der Waals surface area contributed by atoms with Gasteiger partial charge in [0, 0.05) is 53.4 Å². The number of nitrogens with one attached hydrogen (secondary N) is 1. The third kappa shape index (κ3) is 3.22. The van der Waals surface area contributed by atoms with Crippen molar-refractivity contribution in [2.75, 3.05) is 39.3 Å². The lowest BCUT2D eigenvalue weighted by Gasteiger charge is -2.25. The van der Waals surface area contributed by atoms with E-state index in [0.29, 0.717) is 11.2 Å². The van der Waals surface area contributed by atoms with Crippen LogP contribution in [0.25, 0.3) is 11.2 Å². The Hall–Kier alpha value is -1.03. The molecule has 3 fully saturated rings. The highest BCUT2D eigenvalue weighted by molar-refractivity contribution is 8.11. The molecule has 5 rings (SSSR count). The summed E-state index contributed by atoms with van der Waals surface area (Å²) in [6.07, 6.45) is 1.39. The third-order valence-corrected chi connectivity index (χ3v) is 9.89. The molecule has 3 aliphatic heterocycles. The van der Waals surface area contributed by atoms with Crippen molar-refractivity contribution in [1.82, 2.24) is 33.1 Å². The van der Waals surface area contributed by atoms with Gasteiger partial charge >= 0.3 is 5.69 Å². The Morgan fingerprint density at radius 1 is 1.00 bits per heavy atom. The standard InChI is InChI=1S/C7H8N4O2.C6H12N3PS.ClH/c1-10-5-4(8-3-9-5)6(12)11(2)7(10)13;11-10(7-1-2-7,8-3-4-8)9-5-6-9;/h3H,1-2H3,(H,8,9);1-6H2;1H. The monoisotopic (exact) mass is 405 g/mol. The highest BCUT2D eigenvalue weighted by Crippen LogP contribution is 2.65. The number of aromatic amines is 1. The largest absolute Gasteiger partial charge is 0.339 e. The molecule has 0 unspecified atom stereocenters. The first-order valence-electron chi connectivity index (χ1n) is 7.90. The molecule has 9 nitrogen and oxygen atoms in total. The number of aryl methyl sites for hydroxylation is 1. The van der Waals surface area contributed by atoms with E-state index < -0.39 is 6.49 Å². The Bertz CT molecular complexity index is 919. The van der Waals surface area contributed by atoms with Gasteiger partial charge in [-0.3, -0.25) is 13.9 Å². The summed E-state index contributed by atoms with van der Waals surface area (Å²) in [4.78, 5) is 29.4. The molecule has 0 amide bonds. The molecule has 3 saturated heterocycles. The van der Waals surface area contributed by atoms with Crippen molar-refractivity contribution in [2.24, 2.45) is 14.1 Å². The van der Waals surface area contributed by atoms with E-state index in [1.807, 2.05) is 0 Å². The van der Waals surface area contributed by atoms with Gasteiger partial charge in [0.05, 0.1) is 6.33 Å². The smallest absolute Gasteiger partial charge is 0.332 e. The molecule has 5 heterocycles. The van der Waals surface area contributed by atoms with Crippen molar-refractivity contribution in [3.63, 3.8) is 0 Å². The Morgan fingerprint density at radius 2 is 1.48 bits per heavy atom. The summed E-state index contributed by atoms with van der Waals surface area (Å²) >= 11 is 5.75. The van der Waals surface area contributed by atoms with Gasteiger partial charge in [-0.15, -0.1) is 12.4 Å². The molecule has 0 saturated carbocycles. The molecular weight excluding hydrogens is 385 g/mol. The number of aromatic nitrogens is 4. The molecule has 0 spiro atoms. The van der Waals surface area contributed by atoms with E-state index in [2.05, 4.69) is 24.0 Å². The number of fused-ring (bicyclic) bond motifs is 1. The van der Waals surface area contributed by atoms with Crippen molar-refractivity contribution in [3.05, 3.63) is 27.2 Å². The van der Waals surface area contributed by atoms with Gasteiger partial charge in [0.2, 0.25) is 0 Å². The van der Waals surface area contributed by atoms with Gasteiger partial charge in [0.25, 0.3) is 5.56 Å². The molecule has 0 aliphatic carbocycles. The Morgan fingerprint density at radius 3 is 1.92 bits per heavy atom. The summed E-state index contributed by atoms with van der Waals surface area (Å²) in [6.45, 7) is 6.26. The fourth-order valence-electron chi connectivity index (χ4n) is 2.72. The molecule has 0 aromatic carbocycles. The van der Waals surface area contributed by atoms with Gasteiger partial charge in [-0.1, -0.05) is 0 Å². The van der Waals surface area contributed by atoms with Crippen LogP contribution < -0.4 is 11.2 Å². The average Bonchev–Trinajstić information content (AvgIpc) is 3.43. The lowest BCUT2D eigenvalue weighted by atomic mass is 10.5. The fraction of sp³-hybridized carbons (Fsp3) is 0.615. The second-order valence-electron chi connectivity index (χ2n) is 6.18. The maximum absolute atomic E-state index is 11.4. The normalized spacial score (nSPS) is 19.9. The summed E-state index contributed by atoms with van der Waals surface area (Å²) in [7, 11) is 3.01. The van der Waals surface area contributed by atoms with E-state index in [-0.39, 0.29) is 23.7 Å². The number of halogens is 1. The third-order valence-electron chi connectivity index (χ3n) is 4.41. The van der Waals surface area contributed by atoms with E-state index in [1.54, 1.807) is 7.05 Å². The van der Waals surface area contributed by atoms with E-state index in [9.17, 15) is 9.59 Å². The zero-order chi connectivity index (χ0) is 17.1. The van der Waals surface area contributed by atoms with Crippen molar-refractivity contribution in [3.8, 4) is 0 Å². The van der Waals surface area contributed by atoms with Crippen LogP contribution in [-0.4, -0.2) is 72.4 Å². The number of nitrogens with zero attached hydrogens (tertiary/aromatic N) is 6. The van der Waals surface area contributed by atoms with Crippen molar-refractivity contribution >= 4 is 41.9 Å². The predicted molar refractivity (Wildman–Crippen MR) is 103 cm³/mol. The molecule has 2 aromatic heterocycles. The van der Waals surface area contributed by atoms with Crippen LogP contribution in [0.5, 0.6) is 0 Å². The second kappa shape index (κ2) is 6.61. The number of rotatable bonds is 3. The molecule has 0 atom stereocenters. The van der Waals surface area contributed by atoms with Crippen molar-refractivity contribution in [1.29, 1.82) is 0 Å². The molecule has 3 aliphatic rings. The van der Waals surface area contributed by atoms with Gasteiger partial charge in [-0.05, 0) is 11.8 Å². The van der Waals surface area contributed by atoms with Gasteiger partial charge in [0.15, 0.2) is 5.65 Å². The van der Waals surface area contributed by atoms with Crippen LogP contribution in [-0.2, 0) is 25.9 Å². The molecule has 12 heteroatoms. The molecule has 1 N–H and O–H groups in total. The first kappa shape index (κ1) is 18.8. The lowest BCUT2D eigenvalue weighted by Crippen LogP contribution is -2.36. The zero-order valence-electron chi connectivity index (χ0n) is 14.1. The van der Waals surface area contributed by atoms with Gasteiger partial charge in [-0.25, -0.2) is 23.8 Å². The molecule has 2 aromatic rings. The summed E-state index contributed by atoms with van der Waals surface area (Å²) in [5.74, 6) is 0. The number of hydrogen-bond donors (Lipinski definition) is 1. The highest BCUT2D eigenvalue weighted by Gasteiger charge is 2.50.